The molecular weight excluding hydrogens is 466 g/mol. The largest absolute Gasteiger partial charge is 0.419 e. The van der Waals surface area contributed by atoms with E-state index >= 15 is 0 Å². The number of benzene rings is 1. The maximum atomic E-state index is 13.6. The molecule has 0 spiro atoms. The van der Waals surface area contributed by atoms with Crippen molar-refractivity contribution in [3.63, 3.8) is 0 Å². The summed E-state index contributed by atoms with van der Waals surface area (Å²) in [5.74, 6) is 0.541. The highest BCUT2D eigenvalue weighted by atomic mass is 79.9. The first-order chi connectivity index (χ1) is 14.3. The van der Waals surface area contributed by atoms with E-state index in [1.165, 1.54) is 12.4 Å². The summed E-state index contributed by atoms with van der Waals surface area (Å²) in [5.41, 5.74) is -0.463. The molecule has 3 aromatic rings. The van der Waals surface area contributed by atoms with Gasteiger partial charge in [-0.1, -0.05) is 0 Å². The molecule has 0 radical (unpaired) electrons. The van der Waals surface area contributed by atoms with Crippen molar-refractivity contribution in [2.45, 2.75) is 24.9 Å². The summed E-state index contributed by atoms with van der Waals surface area (Å²) in [6.45, 7) is 1.55. The van der Waals surface area contributed by atoms with Crippen LogP contribution in [0, 0.1) is 5.82 Å². The number of nitrogens with zero attached hydrogens (tertiary/aromatic N) is 5. The van der Waals surface area contributed by atoms with E-state index in [1.54, 1.807) is 24.0 Å². The van der Waals surface area contributed by atoms with Crippen LogP contribution in [0.1, 0.15) is 30.1 Å². The predicted octanol–water partition coefficient (Wildman–Crippen LogP) is 5.18. The molecule has 0 aliphatic carbocycles. The van der Waals surface area contributed by atoms with E-state index in [-0.39, 0.29) is 11.5 Å². The summed E-state index contributed by atoms with van der Waals surface area (Å²) in [6, 6.07) is 3.04. The third-order valence-electron chi connectivity index (χ3n) is 5.40. The number of alkyl halides is 3. The highest BCUT2D eigenvalue weighted by molar-refractivity contribution is 9.10. The zero-order chi connectivity index (χ0) is 21.5. The number of halogens is 5. The second-order valence-corrected chi connectivity index (χ2v) is 8.06. The highest BCUT2D eigenvalue weighted by Crippen LogP contribution is 2.36. The van der Waals surface area contributed by atoms with Gasteiger partial charge in [-0.2, -0.15) is 13.2 Å². The zero-order valence-corrected chi connectivity index (χ0v) is 17.6. The fraction of sp³-hybridized carbons (Fsp3) is 0.350. The van der Waals surface area contributed by atoms with Crippen LogP contribution in [0.2, 0.25) is 0 Å². The SMILES string of the molecule is Cn1c(-c2ccc(F)c(C(F)(F)F)c2)cnc1C1CCN(c2ncncc2Br)CC1. The van der Waals surface area contributed by atoms with Crippen molar-refractivity contribution in [1.82, 2.24) is 19.5 Å². The maximum Gasteiger partial charge on any atom is 0.419 e. The number of piperidine rings is 1. The van der Waals surface area contributed by atoms with E-state index in [4.69, 9.17) is 0 Å². The quantitative estimate of drug-likeness (QED) is 0.481. The van der Waals surface area contributed by atoms with Crippen LogP contribution >= 0.6 is 15.9 Å². The standard InChI is InChI=1S/C20H18BrF4N5/c1-29-17(13-2-3-16(22)14(8-13)20(23,24)25)10-27-18(29)12-4-6-30(7-5-12)19-15(21)9-26-11-28-19/h2-3,8-12H,4-7H2,1H3. The van der Waals surface area contributed by atoms with Crippen molar-refractivity contribution in [2.24, 2.45) is 7.05 Å². The minimum absolute atomic E-state index is 0.170. The van der Waals surface area contributed by atoms with Gasteiger partial charge < -0.3 is 9.47 Å². The van der Waals surface area contributed by atoms with Gasteiger partial charge in [0, 0.05) is 37.8 Å². The Labute approximate surface area is 178 Å². The van der Waals surface area contributed by atoms with Crippen LogP contribution in [0.25, 0.3) is 11.3 Å². The Kier molecular flexibility index (Phi) is 5.52. The van der Waals surface area contributed by atoms with Gasteiger partial charge in [-0.05, 0) is 47.0 Å². The lowest BCUT2D eigenvalue weighted by Crippen LogP contribution is -2.34. The second kappa shape index (κ2) is 7.98. The Balaban J connectivity index is 1.54. The van der Waals surface area contributed by atoms with Gasteiger partial charge in [0.05, 0.1) is 21.9 Å². The third-order valence-corrected chi connectivity index (χ3v) is 5.96. The molecule has 10 heteroatoms. The average molecular weight is 484 g/mol. The number of imidazole rings is 1. The van der Waals surface area contributed by atoms with E-state index in [9.17, 15) is 17.6 Å². The van der Waals surface area contributed by atoms with E-state index in [0.717, 1.165) is 54.2 Å². The molecule has 1 aliphatic heterocycles. The van der Waals surface area contributed by atoms with Crippen LogP contribution in [0.4, 0.5) is 23.4 Å². The van der Waals surface area contributed by atoms with Gasteiger partial charge in [0.25, 0.3) is 0 Å². The zero-order valence-electron chi connectivity index (χ0n) is 16.0. The lowest BCUT2D eigenvalue weighted by molar-refractivity contribution is -0.139. The lowest BCUT2D eigenvalue weighted by Gasteiger charge is -2.32. The summed E-state index contributed by atoms with van der Waals surface area (Å²) in [5, 5.41) is 0. The summed E-state index contributed by atoms with van der Waals surface area (Å²) in [4.78, 5) is 14.9. The summed E-state index contributed by atoms with van der Waals surface area (Å²) < 4.78 is 55.5. The molecule has 1 saturated heterocycles. The number of aromatic nitrogens is 4. The first-order valence-electron chi connectivity index (χ1n) is 9.35. The van der Waals surface area contributed by atoms with Crippen LogP contribution in [0.3, 0.4) is 0 Å². The molecule has 0 bridgehead atoms. The van der Waals surface area contributed by atoms with E-state index < -0.39 is 17.6 Å². The Morgan fingerprint density at radius 3 is 2.50 bits per heavy atom. The molecule has 0 N–H and O–H groups in total. The molecule has 1 aromatic carbocycles. The first kappa shape index (κ1) is 20.8. The van der Waals surface area contributed by atoms with Gasteiger partial charge in [0.15, 0.2) is 0 Å². The van der Waals surface area contributed by atoms with Gasteiger partial charge in [0.2, 0.25) is 0 Å². The molecule has 4 rings (SSSR count). The minimum Gasteiger partial charge on any atom is -0.356 e. The Morgan fingerprint density at radius 2 is 1.83 bits per heavy atom. The van der Waals surface area contributed by atoms with E-state index in [0.29, 0.717) is 5.69 Å². The minimum atomic E-state index is -4.75. The summed E-state index contributed by atoms with van der Waals surface area (Å²) >= 11 is 3.47. The Bertz CT molecular complexity index is 1060. The lowest BCUT2D eigenvalue weighted by atomic mass is 9.96. The summed E-state index contributed by atoms with van der Waals surface area (Å²) in [7, 11) is 1.78. The van der Waals surface area contributed by atoms with Crippen LogP contribution in [-0.2, 0) is 13.2 Å². The fourth-order valence-corrected chi connectivity index (χ4v) is 4.33. The van der Waals surface area contributed by atoms with Crippen LogP contribution in [0.15, 0.2) is 41.4 Å². The molecule has 0 saturated carbocycles. The smallest absolute Gasteiger partial charge is 0.356 e. The van der Waals surface area contributed by atoms with Crippen LogP contribution < -0.4 is 4.90 Å². The van der Waals surface area contributed by atoms with E-state index in [2.05, 4.69) is 35.8 Å². The molecule has 0 atom stereocenters. The topological polar surface area (TPSA) is 46.8 Å². The second-order valence-electron chi connectivity index (χ2n) is 7.21. The average Bonchev–Trinajstić information content (AvgIpc) is 3.09. The van der Waals surface area contributed by atoms with Crippen molar-refractivity contribution < 1.29 is 17.6 Å². The van der Waals surface area contributed by atoms with Gasteiger partial charge in [-0.3, -0.25) is 0 Å². The van der Waals surface area contributed by atoms with Gasteiger partial charge in [-0.15, -0.1) is 0 Å². The van der Waals surface area contributed by atoms with Crippen molar-refractivity contribution in [2.75, 3.05) is 18.0 Å². The molecule has 2 aromatic heterocycles. The Hall–Kier alpha value is -2.49. The van der Waals surface area contributed by atoms with Crippen LogP contribution in [-0.4, -0.2) is 32.6 Å². The number of hydrogen-bond acceptors (Lipinski definition) is 4. The number of anilines is 1. The molecule has 1 aliphatic rings. The monoisotopic (exact) mass is 483 g/mol. The van der Waals surface area contributed by atoms with Crippen molar-refractivity contribution in [1.29, 1.82) is 0 Å². The number of hydrogen-bond donors (Lipinski definition) is 0. The molecule has 0 unspecified atom stereocenters. The number of rotatable bonds is 3. The van der Waals surface area contributed by atoms with Crippen molar-refractivity contribution in [3.05, 3.63) is 58.6 Å². The normalized spacial score (nSPS) is 15.6. The van der Waals surface area contributed by atoms with Crippen LogP contribution in [0.5, 0.6) is 0 Å². The first-order valence-corrected chi connectivity index (χ1v) is 10.1. The Morgan fingerprint density at radius 1 is 1.10 bits per heavy atom. The predicted molar refractivity (Wildman–Crippen MR) is 108 cm³/mol. The van der Waals surface area contributed by atoms with Gasteiger partial charge >= 0.3 is 6.18 Å². The molecule has 158 valence electrons. The molecule has 1 fully saturated rings. The third kappa shape index (κ3) is 3.92. The molecule has 3 heterocycles. The molecule has 5 nitrogen and oxygen atoms in total. The fourth-order valence-electron chi connectivity index (χ4n) is 3.86. The molecule has 30 heavy (non-hydrogen) atoms. The van der Waals surface area contributed by atoms with E-state index in [1.807, 2.05) is 0 Å². The van der Waals surface area contributed by atoms with Gasteiger partial charge in [0.1, 0.15) is 23.8 Å². The van der Waals surface area contributed by atoms with Crippen molar-refractivity contribution in [3.8, 4) is 11.3 Å². The van der Waals surface area contributed by atoms with Crippen molar-refractivity contribution >= 4 is 21.7 Å². The highest BCUT2D eigenvalue weighted by Gasteiger charge is 2.34. The van der Waals surface area contributed by atoms with Gasteiger partial charge in [-0.25, -0.2) is 19.3 Å². The maximum absolute atomic E-state index is 13.6. The molecule has 0 amide bonds. The summed E-state index contributed by atoms with van der Waals surface area (Å²) in [6.07, 6.45) is 1.68. The molecular formula is C20H18BrF4N5.